The summed E-state index contributed by atoms with van der Waals surface area (Å²) >= 11 is 0. The molecular weight excluding hydrogens is 234 g/mol. The van der Waals surface area contributed by atoms with Gasteiger partial charge in [0.2, 0.25) is 0 Å². The van der Waals surface area contributed by atoms with Gasteiger partial charge >= 0.3 is 0 Å². The highest BCUT2D eigenvalue weighted by atomic mass is 16.3. The Morgan fingerprint density at radius 2 is 1.95 bits per heavy atom. The van der Waals surface area contributed by atoms with Crippen molar-refractivity contribution in [1.29, 1.82) is 0 Å². The van der Waals surface area contributed by atoms with Gasteiger partial charge in [-0.2, -0.15) is 0 Å². The Hall–Kier alpha value is -0.860. The lowest BCUT2D eigenvalue weighted by molar-refractivity contribution is 0.0768. The molecule has 3 atom stereocenters. The molecule has 106 valence electrons. The molecule has 0 bridgehead atoms. The lowest BCUT2D eigenvalue weighted by atomic mass is 9.96. The molecule has 1 N–H and O–H groups in total. The van der Waals surface area contributed by atoms with Crippen molar-refractivity contribution in [1.82, 2.24) is 4.90 Å². The van der Waals surface area contributed by atoms with E-state index in [0.29, 0.717) is 6.04 Å². The Labute approximate surface area is 117 Å². The summed E-state index contributed by atoms with van der Waals surface area (Å²) in [4.78, 5) is 2.56. The third kappa shape index (κ3) is 4.05. The van der Waals surface area contributed by atoms with Gasteiger partial charge in [-0.15, -0.1) is 0 Å². The lowest BCUT2D eigenvalue weighted by Crippen LogP contribution is -2.37. The van der Waals surface area contributed by atoms with Crippen LogP contribution in [0, 0.1) is 5.92 Å². The lowest BCUT2D eigenvalue weighted by Gasteiger charge is -2.31. The predicted octanol–water partition coefficient (Wildman–Crippen LogP) is 3.62. The van der Waals surface area contributed by atoms with Gasteiger partial charge < -0.3 is 10.0 Å². The summed E-state index contributed by atoms with van der Waals surface area (Å²) in [5, 5.41) is 10.4. The Balaban J connectivity index is 1.94. The fraction of sp³-hybridized carbons (Fsp3) is 0.647. The first-order valence-corrected chi connectivity index (χ1v) is 7.65. The molecule has 0 amide bonds. The summed E-state index contributed by atoms with van der Waals surface area (Å²) in [6.07, 6.45) is 4.97. The van der Waals surface area contributed by atoms with E-state index in [1.165, 1.54) is 32.2 Å². The molecule has 1 saturated heterocycles. The summed E-state index contributed by atoms with van der Waals surface area (Å²) in [6.45, 7) is 6.67. The zero-order valence-corrected chi connectivity index (χ0v) is 12.3. The van der Waals surface area contributed by atoms with Crippen LogP contribution in [0.4, 0.5) is 0 Å². The first-order chi connectivity index (χ1) is 9.18. The van der Waals surface area contributed by atoms with E-state index < -0.39 is 0 Å². The summed E-state index contributed by atoms with van der Waals surface area (Å²) < 4.78 is 0. The third-order valence-electron chi connectivity index (χ3n) is 4.39. The number of rotatable bonds is 4. The molecule has 1 fully saturated rings. The van der Waals surface area contributed by atoms with Crippen molar-refractivity contribution in [3.63, 3.8) is 0 Å². The summed E-state index contributed by atoms with van der Waals surface area (Å²) in [5.41, 5.74) is 1.04. The number of likely N-dealkylation sites (tertiary alicyclic amines) is 1. The molecule has 1 aromatic rings. The number of aliphatic hydroxyl groups is 1. The molecule has 0 saturated carbocycles. The van der Waals surface area contributed by atoms with Crippen LogP contribution in [-0.4, -0.2) is 29.1 Å². The Bertz CT molecular complexity index is 365. The smallest absolute Gasteiger partial charge is 0.0827 e. The fourth-order valence-corrected chi connectivity index (χ4v) is 3.05. The Morgan fingerprint density at radius 1 is 1.21 bits per heavy atom. The quantitative estimate of drug-likeness (QED) is 0.895. The molecule has 2 heteroatoms. The van der Waals surface area contributed by atoms with Crippen molar-refractivity contribution >= 4 is 0 Å². The van der Waals surface area contributed by atoms with Crippen LogP contribution in [0.5, 0.6) is 0 Å². The van der Waals surface area contributed by atoms with E-state index in [4.69, 9.17) is 0 Å². The van der Waals surface area contributed by atoms with Crippen LogP contribution in [0.15, 0.2) is 30.3 Å². The highest BCUT2D eigenvalue weighted by Crippen LogP contribution is 2.25. The fourth-order valence-electron chi connectivity index (χ4n) is 3.05. The molecule has 0 aliphatic carbocycles. The Morgan fingerprint density at radius 3 is 2.68 bits per heavy atom. The summed E-state index contributed by atoms with van der Waals surface area (Å²) in [6, 6.07) is 10.7. The second-order valence-electron chi connectivity index (χ2n) is 6.03. The second-order valence-corrected chi connectivity index (χ2v) is 6.03. The van der Waals surface area contributed by atoms with Crippen LogP contribution >= 0.6 is 0 Å². The maximum absolute atomic E-state index is 10.4. The normalized spacial score (nSPS) is 24.7. The van der Waals surface area contributed by atoms with Gasteiger partial charge in [0.15, 0.2) is 0 Å². The number of nitrogens with zero attached hydrogens (tertiary/aromatic N) is 1. The van der Waals surface area contributed by atoms with E-state index in [1.54, 1.807) is 0 Å². The minimum Gasteiger partial charge on any atom is -0.388 e. The number of hydrogen-bond acceptors (Lipinski definition) is 2. The van der Waals surface area contributed by atoms with Gasteiger partial charge in [0.25, 0.3) is 0 Å². The van der Waals surface area contributed by atoms with Crippen LogP contribution in [0.3, 0.4) is 0 Å². The number of aliphatic hydroxyl groups excluding tert-OH is 1. The highest BCUT2D eigenvalue weighted by molar-refractivity contribution is 5.17. The van der Waals surface area contributed by atoms with Crippen LogP contribution in [-0.2, 0) is 0 Å². The first kappa shape index (κ1) is 14.5. The van der Waals surface area contributed by atoms with Crippen LogP contribution in [0.1, 0.15) is 51.2 Å². The van der Waals surface area contributed by atoms with Crippen molar-refractivity contribution in [2.24, 2.45) is 5.92 Å². The molecule has 1 aromatic carbocycles. The molecule has 1 aliphatic heterocycles. The van der Waals surface area contributed by atoms with Gasteiger partial charge in [-0.05, 0) is 37.8 Å². The standard InChI is InChI=1S/C17H27NO/c1-14(17(19)16-10-6-3-7-11-16)13-18-12-8-4-5-9-15(18)2/h3,6-7,10-11,14-15,17,19H,4-5,8-9,12-13H2,1-2H3. The minimum atomic E-state index is -0.350. The SMILES string of the molecule is CC(CN1CCCCCC1C)C(O)c1ccccc1. The van der Waals surface area contributed by atoms with E-state index in [0.717, 1.165) is 12.1 Å². The average Bonchev–Trinajstić information content (AvgIpc) is 2.64. The Kier molecular flexibility index (Phi) is 5.41. The van der Waals surface area contributed by atoms with Crippen molar-refractivity contribution < 1.29 is 5.11 Å². The van der Waals surface area contributed by atoms with Gasteiger partial charge in [0.1, 0.15) is 0 Å². The van der Waals surface area contributed by atoms with E-state index in [-0.39, 0.29) is 12.0 Å². The topological polar surface area (TPSA) is 23.5 Å². The molecule has 2 rings (SSSR count). The zero-order chi connectivity index (χ0) is 13.7. The summed E-state index contributed by atoms with van der Waals surface area (Å²) in [5.74, 6) is 0.281. The molecule has 3 unspecified atom stereocenters. The van der Waals surface area contributed by atoms with Gasteiger partial charge in [-0.25, -0.2) is 0 Å². The minimum absolute atomic E-state index is 0.281. The van der Waals surface area contributed by atoms with Crippen LogP contribution < -0.4 is 0 Å². The maximum atomic E-state index is 10.4. The third-order valence-corrected chi connectivity index (χ3v) is 4.39. The van der Waals surface area contributed by atoms with Crippen LogP contribution in [0.2, 0.25) is 0 Å². The molecule has 0 radical (unpaired) electrons. The molecule has 0 aromatic heterocycles. The van der Waals surface area contributed by atoms with Crippen molar-refractivity contribution in [3.8, 4) is 0 Å². The van der Waals surface area contributed by atoms with Gasteiger partial charge in [0, 0.05) is 12.6 Å². The second kappa shape index (κ2) is 7.06. The molecule has 1 aliphatic rings. The monoisotopic (exact) mass is 261 g/mol. The molecule has 2 nitrogen and oxygen atoms in total. The highest BCUT2D eigenvalue weighted by Gasteiger charge is 2.23. The maximum Gasteiger partial charge on any atom is 0.0827 e. The molecule has 1 heterocycles. The van der Waals surface area contributed by atoms with Crippen molar-refractivity contribution in [2.75, 3.05) is 13.1 Å². The van der Waals surface area contributed by atoms with Crippen molar-refractivity contribution in [2.45, 2.75) is 51.7 Å². The first-order valence-electron chi connectivity index (χ1n) is 7.65. The van der Waals surface area contributed by atoms with E-state index in [9.17, 15) is 5.11 Å². The summed E-state index contributed by atoms with van der Waals surface area (Å²) in [7, 11) is 0. The van der Waals surface area contributed by atoms with Crippen LogP contribution in [0.25, 0.3) is 0 Å². The molecule has 0 spiro atoms. The van der Waals surface area contributed by atoms with Gasteiger partial charge in [-0.1, -0.05) is 50.1 Å². The largest absolute Gasteiger partial charge is 0.388 e. The predicted molar refractivity (Wildman–Crippen MR) is 80.1 cm³/mol. The van der Waals surface area contributed by atoms with Gasteiger partial charge in [-0.3, -0.25) is 0 Å². The van der Waals surface area contributed by atoms with E-state index >= 15 is 0 Å². The molecule has 19 heavy (non-hydrogen) atoms. The number of benzene rings is 1. The molecular formula is C17H27NO. The number of hydrogen-bond donors (Lipinski definition) is 1. The zero-order valence-electron chi connectivity index (χ0n) is 12.3. The average molecular weight is 261 g/mol. The van der Waals surface area contributed by atoms with E-state index in [2.05, 4.69) is 18.7 Å². The van der Waals surface area contributed by atoms with Crippen molar-refractivity contribution in [3.05, 3.63) is 35.9 Å². The van der Waals surface area contributed by atoms with E-state index in [1.807, 2.05) is 30.3 Å². The van der Waals surface area contributed by atoms with Gasteiger partial charge in [0.05, 0.1) is 6.10 Å².